The highest BCUT2D eigenvalue weighted by Gasteiger charge is 2.20. The van der Waals surface area contributed by atoms with Gasteiger partial charge in [0.15, 0.2) is 0 Å². The van der Waals surface area contributed by atoms with Crippen LogP contribution in [0, 0.1) is 5.92 Å². The predicted molar refractivity (Wildman–Crippen MR) is 82.5 cm³/mol. The van der Waals surface area contributed by atoms with Gasteiger partial charge in [-0.25, -0.2) is 4.98 Å². The lowest BCUT2D eigenvalue weighted by molar-refractivity contribution is 0.185. The monoisotopic (exact) mass is 281 g/mol. The number of likely N-dealkylation sites (tertiary alicyclic amines) is 1. The molecule has 1 aromatic rings. The molecule has 0 radical (unpaired) electrons. The van der Waals surface area contributed by atoms with Crippen molar-refractivity contribution in [2.45, 2.75) is 59.0 Å². The van der Waals surface area contributed by atoms with Crippen molar-refractivity contribution in [2.24, 2.45) is 11.7 Å². The van der Waals surface area contributed by atoms with Crippen LogP contribution >= 0.6 is 11.3 Å². The smallest absolute Gasteiger partial charge is 0.107 e. The van der Waals surface area contributed by atoms with Gasteiger partial charge in [0.2, 0.25) is 0 Å². The molecular formula is C15H27N3S. The first-order valence-electron chi connectivity index (χ1n) is 7.44. The maximum Gasteiger partial charge on any atom is 0.107 e. The minimum Gasteiger partial charge on any atom is -0.323 e. The number of rotatable bonds is 4. The average molecular weight is 281 g/mol. The second kappa shape index (κ2) is 6.33. The van der Waals surface area contributed by atoms with Gasteiger partial charge in [0.1, 0.15) is 5.01 Å². The highest BCUT2D eigenvalue weighted by atomic mass is 32.1. The van der Waals surface area contributed by atoms with Crippen molar-refractivity contribution in [1.82, 2.24) is 9.88 Å². The van der Waals surface area contributed by atoms with Crippen LogP contribution in [0.2, 0.25) is 0 Å². The number of aromatic nitrogens is 1. The molecule has 0 amide bonds. The topological polar surface area (TPSA) is 42.2 Å². The Morgan fingerprint density at radius 3 is 2.42 bits per heavy atom. The third-order valence-electron chi connectivity index (χ3n) is 3.92. The maximum absolute atomic E-state index is 6.07. The average Bonchev–Trinajstić information content (AvgIpc) is 2.76. The molecule has 1 aromatic heterocycles. The summed E-state index contributed by atoms with van der Waals surface area (Å²) in [6, 6.07) is 0.102. The highest BCUT2D eigenvalue weighted by Crippen LogP contribution is 2.30. The van der Waals surface area contributed by atoms with Gasteiger partial charge >= 0.3 is 0 Å². The van der Waals surface area contributed by atoms with Crippen molar-refractivity contribution >= 4 is 11.3 Å². The molecule has 0 spiro atoms. The van der Waals surface area contributed by atoms with Crippen LogP contribution in [0.25, 0.3) is 0 Å². The van der Waals surface area contributed by atoms with Crippen molar-refractivity contribution in [2.75, 3.05) is 13.1 Å². The van der Waals surface area contributed by atoms with Crippen LogP contribution in [0.15, 0.2) is 0 Å². The highest BCUT2D eigenvalue weighted by molar-refractivity contribution is 7.11. The molecule has 2 rings (SSSR count). The first-order valence-corrected chi connectivity index (χ1v) is 8.26. The molecule has 0 aromatic carbocycles. The summed E-state index contributed by atoms with van der Waals surface area (Å²) in [6.07, 6.45) is 2.64. The van der Waals surface area contributed by atoms with Gasteiger partial charge in [-0.2, -0.15) is 0 Å². The van der Waals surface area contributed by atoms with E-state index in [9.17, 15) is 0 Å². The first kappa shape index (κ1) is 14.9. The molecule has 1 aliphatic rings. The molecule has 0 aliphatic carbocycles. The van der Waals surface area contributed by atoms with E-state index in [2.05, 4.69) is 32.6 Å². The standard InChI is InChI=1S/C15H27N3S/c1-10(2)14-15(12(4)16)19-13(17-14)9-18-7-5-11(3)6-8-18/h10-12H,5-9,16H2,1-4H3. The van der Waals surface area contributed by atoms with E-state index in [0.717, 1.165) is 12.5 Å². The van der Waals surface area contributed by atoms with Gasteiger partial charge < -0.3 is 5.73 Å². The number of thiazole rings is 1. The molecule has 0 saturated carbocycles. The molecule has 1 saturated heterocycles. The van der Waals surface area contributed by atoms with E-state index >= 15 is 0 Å². The SMILES string of the molecule is CC1CCN(Cc2nc(C(C)C)c(C(C)N)s2)CC1. The molecule has 1 unspecified atom stereocenters. The second-order valence-corrected chi connectivity index (χ2v) is 7.37. The van der Waals surface area contributed by atoms with Crippen molar-refractivity contribution in [1.29, 1.82) is 0 Å². The Kier molecular flexibility index (Phi) is 4.98. The van der Waals surface area contributed by atoms with Crippen LogP contribution in [-0.4, -0.2) is 23.0 Å². The maximum atomic E-state index is 6.07. The summed E-state index contributed by atoms with van der Waals surface area (Å²) >= 11 is 1.81. The Labute approximate surface area is 121 Å². The first-order chi connectivity index (χ1) is 8.97. The van der Waals surface area contributed by atoms with E-state index in [4.69, 9.17) is 10.7 Å². The van der Waals surface area contributed by atoms with E-state index in [0.29, 0.717) is 5.92 Å². The summed E-state index contributed by atoms with van der Waals surface area (Å²) in [6.45, 7) is 12.2. The summed E-state index contributed by atoms with van der Waals surface area (Å²) in [5, 5.41) is 1.24. The van der Waals surface area contributed by atoms with E-state index in [1.165, 1.54) is 41.5 Å². The van der Waals surface area contributed by atoms with Crippen molar-refractivity contribution in [3.8, 4) is 0 Å². The molecule has 0 bridgehead atoms. The van der Waals surface area contributed by atoms with E-state index < -0.39 is 0 Å². The summed E-state index contributed by atoms with van der Waals surface area (Å²) in [5.74, 6) is 1.35. The molecule has 2 heterocycles. The lowest BCUT2D eigenvalue weighted by Crippen LogP contribution is -2.32. The molecule has 2 N–H and O–H groups in total. The molecule has 3 nitrogen and oxygen atoms in total. The fraction of sp³-hybridized carbons (Fsp3) is 0.800. The zero-order valence-electron chi connectivity index (χ0n) is 12.6. The normalized spacial score (nSPS) is 20.1. The molecule has 4 heteroatoms. The summed E-state index contributed by atoms with van der Waals surface area (Å²) in [7, 11) is 0. The minimum absolute atomic E-state index is 0.102. The number of hydrogen-bond acceptors (Lipinski definition) is 4. The van der Waals surface area contributed by atoms with Gasteiger partial charge in [0.05, 0.1) is 12.2 Å². The molecule has 1 atom stereocenters. The van der Waals surface area contributed by atoms with Crippen LogP contribution in [0.3, 0.4) is 0 Å². The van der Waals surface area contributed by atoms with Gasteiger partial charge in [-0.1, -0.05) is 20.8 Å². The van der Waals surface area contributed by atoms with Crippen LogP contribution in [0.5, 0.6) is 0 Å². The van der Waals surface area contributed by atoms with Gasteiger partial charge in [0, 0.05) is 10.9 Å². The van der Waals surface area contributed by atoms with Gasteiger partial charge in [0.25, 0.3) is 0 Å². The van der Waals surface area contributed by atoms with Gasteiger partial charge in [-0.05, 0) is 44.7 Å². The molecule has 108 valence electrons. The lowest BCUT2D eigenvalue weighted by atomic mass is 9.99. The van der Waals surface area contributed by atoms with Crippen molar-refractivity contribution in [3.05, 3.63) is 15.6 Å². The zero-order chi connectivity index (χ0) is 14.0. The van der Waals surface area contributed by atoms with Crippen molar-refractivity contribution in [3.63, 3.8) is 0 Å². The van der Waals surface area contributed by atoms with Gasteiger partial charge in [-0.15, -0.1) is 11.3 Å². The molecular weight excluding hydrogens is 254 g/mol. The third kappa shape index (κ3) is 3.77. The van der Waals surface area contributed by atoms with Crippen LogP contribution in [0.4, 0.5) is 0 Å². The molecule has 1 fully saturated rings. The van der Waals surface area contributed by atoms with Gasteiger partial charge in [-0.3, -0.25) is 4.90 Å². The Morgan fingerprint density at radius 2 is 1.95 bits per heavy atom. The second-order valence-electron chi connectivity index (χ2n) is 6.26. The quantitative estimate of drug-likeness (QED) is 0.918. The zero-order valence-corrected chi connectivity index (χ0v) is 13.5. The number of nitrogens with two attached hydrogens (primary N) is 1. The number of hydrogen-bond donors (Lipinski definition) is 1. The van der Waals surface area contributed by atoms with E-state index in [1.54, 1.807) is 0 Å². The molecule has 19 heavy (non-hydrogen) atoms. The van der Waals surface area contributed by atoms with E-state index in [-0.39, 0.29) is 6.04 Å². The molecule has 1 aliphatic heterocycles. The Balaban J connectivity index is 2.06. The Morgan fingerprint density at radius 1 is 1.32 bits per heavy atom. The van der Waals surface area contributed by atoms with E-state index in [1.807, 2.05) is 11.3 Å². The third-order valence-corrected chi connectivity index (χ3v) is 5.18. The van der Waals surface area contributed by atoms with Crippen molar-refractivity contribution < 1.29 is 0 Å². The fourth-order valence-electron chi connectivity index (χ4n) is 2.61. The minimum atomic E-state index is 0.102. The summed E-state index contributed by atoms with van der Waals surface area (Å²) in [4.78, 5) is 8.65. The lowest BCUT2D eigenvalue weighted by Gasteiger charge is -2.29. The largest absolute Gasteiger partial charge is 0.323 e. The number of piperidine rings is 1. The Hall–Kier alpha value is -0.450. The summed E-state index contributed by atoms with van der Waals surface area (Å²) in [5.41, 5.74) is 7.28. The fourth-order valence-corrected chi connectivity index (χ4v) is 3.83. The van der Waals surface area contributed by atoms with Crippen LogP contribution < -0.4 is 5.73 Å². The summed E-state index contributed by atoms with van der Waals surface area (Å²) < 4.78 is 0. The Bertz CT molecular complexity index is 378. The van der Waals surface area contributed by atoms with Crippen LogP contribution in [0.1, 0.15) is 68.1 Å². The predicted octanol–water partition coefficient (Wildman–Crippen LogP) is 3.52. The van der Waals surface area contributed by atoms with Crippen LogP contribution in [-0.2, 0) is 6.54 Å². The number of nitrogens with zero attached hydrogens (tertiary/aromatic N) is 2.